The number of anilines is 1. The van der Waals surface area contributed by atoms with Gasteiger partial charge >= 0.3 is 0 Å². The molecule has 0 fully saturated rings. The minimum Gasteiger partial charge on any atom is -0.322 e. The molecular weight excluding hydrogens is 262 g/mol. The second kappa shape index (κ2) is 5.43. The van der Waals surface area contributed by atoms with Crippen molar-refractivity contribution in [2.24, 2.45) is 0 Å². The minimum atomic E-state index is -0.248. The number of carbonyl (C=O) groups excluding carboxylic acids is 1. The standard InChI is InChI=1S/C17H11N3O/c18-10-16-8-6-14(11-19-16)17(21)20-15-7-5-12-3-1-2-4-13(12)9-15/h1-9,11H,(H,20,21). The van der Waals surface area contributed by atoms with Crippen molar-refractivity contribution in [3.8, 4) is 6.07 Å². The van der Waals surface area contributed by atoms with Crippen molar-refractivity contribution in [3.05, 3.63) is 72.1 Å². The van der Waals surface area contributed by atoms with Crippen molar-refractivity contribution in [1.82, 2.24) is 4.98 Å². The Morgan fingerprint density at radius 1 is 1.05 bits per heavy atom. The Bertz CT molecular complexity index is 848. The maximum Gasteiger partial charge on any atom is 0.257 e. The zero-order valence-corrected chi connectivity index (χ0v) is 11.1. The van der Waals surface area contributed by atoms with E-state index in [1.54, 1.807) is 6.07 Å². The van der Waals surface area contributed by atoms with Crippen LogP contribution in [0.15, 0.2) is 60.8 Å². The molecule has 0 spiro atoms. The molecule has 0 radical (unpaired) electrons. The van der Waals surface area contributed by atoms with Gasteiger partial charge in [-0.25, -0.2) is 4.98 Å². The third-order valence-electron chi connectivity index (χ3n) is 3.15. The molecule has 0 bridgehead atoms. The Hall–Kier alpha value is -3.19. The molecule has 0 atom stereocenters. The molecule has 4 nitrogen and oxygen atoms in total. The van der Waals surface area contributed by atoms with Crippen LogP contribution >= 0.6 is 0 Å². The number of rotatable bonds is 2. The molecule has 1 aromatic heterocycles. The summed E-state index contributed by atoms with van der Waals surface area (Å²) in [6.07, 6.45) is 1.40. The lowest BCUT2D eigenvalue weighted by molar-refractivity contribution is 0.102. The highest BCUT2D eigenvalue weighted by atomic mass is 16.1. The van der Waals surface area contributed by atoms with Gasteiger partial charge in [0.05, 0.1) is 5.56 Å². The number of carbonyl (C=O) groups is 1. The van der Waals surface area contributed by atoms with E-state index in [0.717, 1.165) is 16.5 Å². The van der Waals surface area contributed by atoms with E-state index in [2.05, 4.69) is 10.3 Å². The number of amides is 1. The minimum absolute atomic E-state index is 0.248. The SMILES string of the molecule is N#Cc1ccc(C(=O)Nc2ccc3ccccc3c2)cn1. The summed E-state index contributed by atoms with van der Waals surface area (Å²) in [5.74, 6) is -0.248. The van der Waals surface area contributed by atoms with Crippen LogP contribution in [0.4, 0.5) is 5.69 Å². The molecule has 1 amide bonds. The van der Waals surface area contributed by atoms with Crippen molar-refractivity contribution < 1.29 is 4.79 Å². The third kappa shape index (κ3) is 2.72. The number of hydrogen-bond donors (Lipinski definition) is 1. The highest BCUT2D eigenvalue weighted by Gasteiger charge is 2.07. The molecule has 0 aliphatic carbocycles. The van der Waals surface area contributed by atoms with Crippen LogP contribution < -0.4 is 5.32 Å². The number of nitriles is 1. The van der Waals surface area contributed by atoms with Crippen LogP contribution in [0.2, 0.25) is 0 Å². The Morgan fingerprint density at radius 3 is 2.57 bits per heavy atom. The number of fused-ring (bicyclic) bond motifs is 1. The van der Waals surface area contributed by atoms with E-state index in [1.807, 2.05) is 48.5 Å². The third-order valence-corrected chi connectivity index (χ3v) is 3.15. The molecular formula is C17H11N3O. The van der Waals surface area contributed by atoms with Gasteiger partial charge in [0.2, 0.25) is 0 Å². The first-order valence-corrected chi connectivity index (χ1v) is 6.42. The van der Waals surface area contributed by atoms with Crippen molar-refractivity contribution in [3.63, 3.8) is 0 Å². The molecule has 100 valence electrons. The maximum atomic E-state index is 12.1. The van der Waals surface area contributed by atoms with Crippen LogP contribution in [0.1, 0.15) is 16.1 Å². The summed E-state index contributed by atoms with van der Waals surface area (Å²) in [5.41, 5.74) is 1.43. The number of benzene rings is 2. The summed E-state index contributed by atoms with van der Waals surface area (Å²) >= 11 is 0. The van der Waals surface area contributed by atoms with Crippen molar-refractivity contribution in [2.75, 3.05) is 5.32 Å². The zero-order valence-electron chi connectivity index (χ0n) is 11.1. The van der Waals surface area contributed by atoms with Gasteiger partial charge in [0.1, 0.15) is 11.8 Å². The lowest BCUT2D eigenvalue weighted by atomic mass is 10.1. The molecule has 4 heteroatoms. The molecule has 0 saturated carbocycles. The topological polar surface area (TPSA) is 65.8 Å². The van der Waals surface area contributed by atoms with Crippen LogP contribution in [0, 0.1) is 11.3 Å². The van der Waals surface area contributed by atoms with Gasteiger partial charge in [0, 0.05) is 11.9 Å². The van der Waals surface area contributed by atoms with E-state index >= 15 is 0 Å². The van der Waals surface area contributed by atoms with Gasteiger partial charge in [-0.1, -0.05) is 30.3 Å². The number of aromatic nitrogens is 1. The first-order chi connectivity index (χ1) is 10.3. The predicted molar refractivity (Wildman–Crippen MR) is 80.9 cm³/mol. The zero-order chi connectivity index (χ0) is 14.7. The second-order valence-corrected chi connectivity index (χ2v) is 4.56. The molecule has 3 aromatic rings. The van der Waals surface area contributed by atoms with E-state index < -0.39 is 0 Å². The van der Waals surface area contributed by atoms with E-state index in [9.17, 15) is 4.79 Å². The van der Waals surface area contributed by atoms with Crippen LogP contribution in [-0.4, -0.2) is 10.9 Å². The van der Waals surface area contributed by atoms with Crippen LogP contribution in [0.5, 0.6) is 0 Å². The quantitative estimate of drug-likeness (QED) is 0.778. The fraction of sp³-hybridized carbons (Fsp3) is 0. The fourth-order valence-electron chi connectivity index (χ4n) is 2.06. The van der Waals surface area contributed by atoms with E-state index in [0.29, 0.717) is 5.56 Å². The summed E-state index contributed by atoms with van der Waals surface area (Å²) in [7, 11) is 0. The van der Waals surface area contributed by atoms with Gasteiger partial charge in [-0.15, -0.1) is 0 Å². The average molecular weight is 273 g/mol. The normalized spacial score (nSPS) is 10.0. The van der Waals surface area contributed by atoms with Gasteiger partial charge in [-0.05, 0) is 35.0 Å². The molecule has 0 aliphatic heterocycles. The van der Waals surface area contributed by atoms with Gasteiger partial charge in [-0.2, -0.15) is 5.26 Å². The molecule has 21 heavy (non-hydrogen) atoms. The lowest BCUT2D eigenvalue weighted by Gasteiger charge is -2.06. The van der Waals surface area contributed by atoms with E-state index in [1.165, 1.54) is 12.3 Å². The lowest BCUT2D eigenvalue weighted by Crippen LogP contribution is -2.12. The number of nitrogens with zero attached hydrogens (tertiary/aromatic N) is 2. The van der Waals surface area contributed by atoms with Crippen LogP contribution in [-0.2, 0) is 0 Å². The average Bonchev–Trinajstić information content (AvgIpc) is 2.55. The molecule has 3 rings (SSSR count). The Kier molecular flexibility index (Phi) is 3.32. The van der Waals surface area contributed by atoms with Crippen LogP contribution in [0.25, 0.3) is 10.8 Å². The summed E-state index contributed by atoms with van der Waals surface area (Å²) in [5, 5.41) is 13.7. The number of nitrogens with one attached hydrogen (secondary N) is 1. The highest BCUT2D eigenvalue weighted by molar-refractivity contribution is 6.05. The van der Waals surface area contributed by atoms with Crippen molar-refractivity contribution >= 4 is 22.4 Å². The van der Waals surface area contributed by atoms with E-state index in [4.69, 9.17) is 5.26 Å². The first kappa shape index (κ1) is 12.8. The molecule has 0 unspecified atom stereocenters. The summed E-state index contributed by atoms with van der Waals surface area (Å²) < 4.78 is 0. The Balaban J connectivity index is 1.83. The number of hydrogen-bond acceptors (Lipinski definition) is 3. The van der Waals surface area contributed by atoms with Gasteiger partial charge in [-0.3, -0.25) is 4.79 Å². The molecule has 0 saturated heterocycles. The van der Waals surface area contributed by atoms with Gasteiger partial charge in [0.15, 0.2) is 0 Å². The molecule has 0 aliphatic rings. The highest BCUT2D eigenvalue weighted by Crippen LogP contribution is 2.19. The predicted octanol–water partition coefficient (Wildman–Crippen LogP) is 3.36. The summed E-state index contributed by atoms with van der Waals surface area (Å²) in [4.78, 5) is 16.0. The van der Waals surface area contributed by atoms with Gasteiger partial charge in [0.25, 0.3) is 5.91 Å². The summed E-state index contributed by atoms with van der Waals surface area (Å²) in [6.45, 7) is 0. The fourth-order valence-corrected chi connectivity index (χ4v) is 2.06. The molecule has 1 N–H and O–H groups in total. The second-order valence-electron chi connectivity index (χ2n) is 4.56. The molecule has 2 aromatic carbocycles. The van der Waals surface area contributed by atoms with Gasteiger partial charge < -0.3 is 5.32 Å². The largest absolute Gasteiger partial charge is 0.322 e. The smallest absolute Gasteiger partial charge is 0.257 e. The van der Waals surface area contributed by atoms with Crippen molar-refractivity contribution in [2.45, 2.75) is 0 Å². The summed E-state index contributed by atoms with van der Waals surface area (Å²) in [6, 6.07) is 18.7. The Labute approximate surface area is 121 Å². The van der Waals surface area contributed by atoms with Crippen molar-refractivity contribution in [1.29, 1.82) is 5.26 Å². The van der Waals surface area contributed by atoms with E-state index in [-0.39, 0.29) is 11.6 Å². The number of pyridine rings is 1. The van der Waals surface area contributed by atoms with Crippen LogP contribution in [0.3, 0.4) is 0 Å². The Morgan fingerprint density at radius 2 is 1.86 bits per heavy atom. The maximum absolute atomic E-state index is 12.1. The molecule has 1 heterocycles. The monoisotopic (exact) mass is 273 g/mol. The first-order valence-electron chi connectivity index (χ1n) is 6.42.